The van der Waals surface area contributed by atoms with Gasteiger partial charge in [0.2, 0.25) is 0 Å². The average Bonchev–Trinajstić information content (AvgIpc) is 2.51. The van der Waals surface area contributed by atoms with Crippen molar-refractivity contribution in [2.75, 3.05) is 5.73 Å². The Labute approximate surface area is 90.6 Å². The van der Waals surface area contributed by atoms with Gasteiger partial charge in [-0.2, -0.15) is 0 Å². The standard InChI is InChI=1S/C10H8ClNOS/c11-10-4-3-9(14-10)7-2-1-6(12)5-8(7)13/h1-5,13H,12H2. The molecule has 0 fully saturated rings. The first-order valence-electron chi connectivity index (χ1n) is 4.01. The van der Waals surface area contributed by atoms with Crippen LogP contribution < -0.4 is 5.73 Å². The number of halogens is 1. The third kappa shape index (κ3) is 1.69. The zero-order valence-electron chi connectivity index (χ0n) is 7.20. The molecule has 4 heteroatoms. The highest BCUT2D eigenvalue weighted by Gasteiger charge is 2.06. The molecule has 14 heavy (non-hydrogen) atoms. The van der Waals surface area contributed by atoms with Gasteiger partial charge in [-0.05, 0) is 24.3 Å². The van der Waals surface area contributed by atoms with Crippen molar-refractivity contribution in [1.29, 1.82) is 0 Å². The number of nitrogens with two attached hydrogens (primary N) is 1. The van der Waals surface area contributed by atoms with Gasteiger partial charge in [-0.3, -0.25) is 0 Å². The maximum atomic E-state index is 9.64. The van der Waals surface area contributed by atoms with E-state index in [1.807, 2.05) is 6.07 Å². The van der Waals surface area contributed by atoms with Gasteiger partial charge in [0.25, 0.3) is 0 Å². The summed E-state index contributed by atoms with van der Waals surface area (Å²) in [6, 6.07) is 8.74. The molecule has 0 amide bonds. The Bertz CT molecular complexity index is 467. The van der Waals surface area contributed by atoms with E-state index in [0.29, 0.717) is 10.0 Å². The molecule has 0 aliphatic rings. The Hall–Kier alpha value is -1.19. The van der Waals surface area contributed by atoms with Gasteiger partial charge < -0.3 is 10.8 Å². The predicted octanol–water partition coefficient (Wildman–Crippen LogP) is 3.36. The number of rotatable bonds is 1. The second-order valence-corrected chi connectivity index (χ2v) is 4.60. The van der Waals surface area contributed by atoms with E-state index in [4.69, 9.17) is 17.3 Å². The van der Waals surface area contributed by atoms with E-state index in [1.54, 1.807) is 18.2 Å². The topological polar surface area (TPSA) is 46.2 Å². The van der Waals surface area contributed by atoms with Crippen LogP contribution in [0.5, 0.6) is 5.75 Å². The molecule has 1 aromatic carbocycles. The summed E-state index contributed by atoms with van der Waals surface area (Å²) in [4.78, 5) is 0.938. The normalized spacial score (nSPS) is 10.4. The molecule has 0 radical (unpaired) electrons. The van der Waals surface area contributed by atoms with E-state index in [0.717, 1.165) is 10.4 Å². The van der Waals surface area contributed by atoms with Crippen LogP contribution in [-0.4, -0.2) is 5.11 Å². The monoisotopic (exact) mass is 225 g/mol. The Balaban J connectivity index is 2.52. The van der Waals surface area contributed by atoms with Crippen LogP contribution >= 0.6 is 22.9 Å². The summed E-state index contributed by atoms with van der Waals surface area (Å²) in [5.41, 5.74) is 6.84. The second kappa shape index (κ2) is 3.52. The van der Waals surface area contributed by atoms with Gasteiger partial charge in [-0.25, -0.2) is 0 Å². The minimum Gasteiger partial charge on any atom is -0.507 e. The van der Waals surface area contributed by atoms with E-state index >= 15 is 0 Å². The van der Waals surface area contributed by atoms with E-state index in [2.05, 4.69) is 0 Å². The fourth-order valence-electron chi connectivity index (χ4n) is 1.22. The molecule has 3 N–H and O–H groups in total. The van der Waals surface area contributed by atoms with Crippen LogP contribution in [-0.2, 0) is 0 Å². The highest BCUT2D eigenvalue weighted by atomic mass is 35.5. The summed E-state index contributed by atoms with van der Waals surface area (Å²) in [5, 5.41) is 9.64. The van der Waals surface area contributed by atoms with Crippen LogP contribution in [0.25, 0.3) is 10.4 Å². The van der Waals surface area contributed by atoms with Gasteiger partial charge in [0, 0.05) is 22.2 Å². The molecule has 72 valence electrons. The fourth-order valence-corrected chi connectivity index (χ4v) is 2.29. The number of aromatic hydroxyl groups is 1. The number of benzene rings is 1. The first-order valence-corrected chi connectivity index (χ1v) is 5.20. The number of hydrogen-bond acceptors (Lipinski definition) is 3. The lowest BCUT2D eigenvalue weighted by Crippen LogP contribution is -1.83. The number of thiophene rings is 1. The molecule has 2 rings (SSSR count). The molecule has 0 spiro atoms. The van der Waals surface area contributed by atoms with E-state index in [-0.39, 0.29) is 5.75 Å². The largest absolute Gasteiger partial charge is 0.507 e. The Morgan fingerprint density at radius 2 is 2.00 bits per heavy atom. The molecule has 0 saturated heterocycles. The molecule has 0 unspecified atom stereocenters. The smallest absolute Gasteiger partial charge is 0.126 e. The van der Waals surface area contributed by atoms with Crippen LogP contribution in [0.1, 0.15) is 0 Å². The molecule has 0 bridgehead atoms. The molecular formula is C10H8ClNOS. The van der Waals surface area contributed by atoms with Crippen molar-refractivity contribution in [1.82, 2.24) is 0 Å². The molecule has 1 heterocycles. The summed E-state index contributed by atoms with van der Waals surface area (Å²) < 4.78 is 0.705. The maximum absolute atomic E-state index is 9.64. The Morgan fingerprint density at radius 1 is 1.21 bits per heavy atom. The van der Waals surface area contributed by atoms with Crippen molar-refractivity contribution in [3.63, 3.8) is 0 Å². The van der Waals surface area contributed by atoms with Gasteiger partial charge in [-0.1, -0.05) is 11.6 Å². The van der Waals surface area contributed by atoms with Gasteiger partial charge in [0.1, 0.15) is 5.75 Å². The first-order chi connectivity index (χ1) is 6.66. The second-order valence-electron chi connectivity index (χ2n) is 2.88. The Kier molecular flexibility index (Phi) is 2.35. The number of hydrogen-bond donors (Lipinski definition) is 2. The summed E-state index contributed by atoms with van der Waals surface area (Å²) in [6.45, 7) is 0. The molecule has 0 atom stereocenters. The third-order valence-electron chi connectivity index (χ3n) is 1.86. The lowest BCUT2D eigenvalue weighted by molar-refractivity contribution is 0.478. The SMILES string of the molecule is Nc1ccc(-c2ccc(Cl)s2)c(O)c1. The summed E-state index contributed by atoms with van der Waals surface area (Å²) in [5.74, 6) is 0.184. The molecule has 2 aromatic rings. The van der Waals surface area contributed by atoms with Gasteiger partial charge in [-0.15, -0.1) is 11.3 Å². The van der Waals surface area contributed by atoms with Crippen molar-refractivity contribution in [2.24, 2.45) is 0 Å². The maximum Gasteiger partial charge on any atom is 0.126 e. The number of phenols is 1. The zero-order valence-corrected chi connectivity index (χ0v) is 8.77. The summed E-state index contributed by atoms with van der Waals surface area (Å²) in [7, 11) is 0. The van der Waals surface area contributed by atoms with Crippen molar-refractivity contribution < 1.29 is 5.11 Å². The molecule has 1 aromatic heterocycles. The van der Waals surface area contributed by atoms with Crippen LogP contribution in [0.15, 0.2) is 30.3 Å². The summed E-state index contributed by atoms with van der Waals surface area (Å²) in [6.07, 6.45) is 0. The zero-order chi connectivity index (χ0) is 10.1. The molecule has 2 nitrogen and oxygen atoms in total. The van der Waals surface area contributed by atoms with Crippen LogP contribution in [0, 0.1) is 0 Å². The minimum absolute atomic E-state index is 0.184. The highest BCUT2D eigenvalue weighted by molar-refractivity contribution is 7.19. The molecular weight excluding hydrogens is 218 g/mol. The predicted molar refractivity (Wildman–Crippen MR) is 60.8 cm³/mol. The number of nitrogen functional groups attached to an aromatic ring is 1. The molecule has 0 aliphatic heterocycles. The van der Waals surface area contributed by atoms with Crippen molar-refractivity contribution in [2.45, 2.75) is 0 Å². The molecule has 0 saturated carbocycles. The quantitative estimate of drug-likeness (QED) is 0.731. The fraction of sp³-hybridized carbons (Fsp3) is 0. The molecule has 0 aliphatic carbocycles. The van der Waals surface area contributed by atoms with E-state index in [1.165, 1.54) is 17.4 Å². The minimum atomic E-state index is 0.184. The van der Waals surface area contributed by atoms with Crippen molar-refractivity contribution in [3.05, 3.63) is 34.7 Å². The van der Waals surface area contributed by atoms with Crippen LogP contribution in [0.2, 0.25) is 4.34 Å². The van der Waals surface area contributed by atoms with E-state index < -0.39 is 0 Å². The third-order valence-corrected chi connectivity index (χ3v) is 3.12. The van der Waals surface area contributed by atoms with Gasteiger partial charge in [0.05, 0.1) is 4.34 Å². The summed E-state index contributed by atoms with van der Waals surface area (Å²) >= 11 is 7.23. The number of anilines is 1. The highest BCUT2D eigenvalue weighted by Crippen LogP contribution is 2.36. The van der Waals surface area contributed by atoms with Gasteiger partial charge in [0.15, 0.2) is 0 Å². The van der Waals surface area contributed by atoms with Crippen LogP contribution in [0.3, 0.4) is 0 Å². The average molecular weight is 226 g/mol. The lowest BCUT2D eigenvalue weighted by Gasteiger charge is -2.02. The van der Waals surface area contributed by atoms with E-state index in [9.17, 15) is 5.11 Å². The number of phenolic OH excluding ortho intramolecular Hbond substituents is 1. The lowest BCUT2D eigenvalue weighted by atomic mass is 10.1. The van der Waals surface area contributed by atoms with Crippen molar-refractivity contribution >= 4 is 28.6 Å². The van der Waals surface area contributed by atoms with Crippen LogP contribution in [0.4, 0.5) is 5.69 Å². The Morgan fingerprint density at radius 3 is 2.57 bits per heavy atom. The first kappa shape index (κ1) is 9.37. The van der Waals surface area contributed by atoms with Crippen molar-refractivity contribution in [3.8, 4) is 16.2 Å². The van der Waals surface area contributed by atoms with Gasteiger partial charge >= 0.3 is 0 Å².